The largest absolute Gasteiger partial charge is 0.481 e. The highest BCUT2D eigenvalue weighted by Gasteiger charge is 2.47. The molecule has 0 aliphatic heterocycles. The molecule has 0 amide bonds. The van der Waals surface area contributed by atoms with Crippen molar-refractivity contribution in [2.45, 2.75) is 34.5 Å². The molecule has 0 heterocycles. The molecule has 92 valence electrons. The molecule has 1 aromatic carbocycles. The molecule has 1 aromatic rings. The van der Waals surface area contributed by atoms with Crippen LogP contribution in [0.1, 0.15) is 24.8 Å². The molecule has 0 spiro atoms. The topological polar surface area (TPSA) is 37.3 Å². The molecule has 1 N–H and O–H groups in total. The smallest absolute Gasteiger partial charge is 0.304 e. The van der Waals surface area contributed by atoms with Gasteiger partial charge in [-0.15, -0.1) is 23.5 Å². The summed E-state index contributed by atoms with van der Waals surface area (Å²) >= 11 is 3.46. The maximum Gasteiger partial charge on any atom is 0.304 e. The first-order valence-corrected chi connectivity index (χ1v) is 8.01. The fraction of sp³-hybridized carbons (Fsp3) is 0.462. The zero-order chi connectivity index (χ0) is 12.5. The van der Waals surface area contributed by atoms with Crippen LogP contribution in [0.2, 0.25) is 0 Å². The van der Waals surface area contributed by atoms with E-state index in [0.717, 1.165) is 12.8 Å². The summed E-state index contributed by atoms with van der Waals surface area (Å²) in [6.07, 6.45) is 6.40. The molecule has 0 radical (unpaired) electrons. The Morgan fingerprint density at radius 2 is 2.06 bits per heavy atom. The van der Waals surface area contributed by atoms with Gasteiger partial charge in [-0.25, -0.2) is 0 Å². The normalized spacial score (nSPS) is 16.8. The molecular weight excluding hydrogens is 252 g/mol. The van der Waals surface area contributed by atoms with E-state index in [4.69, 9.17) is 5.11 Å². The summed E-state index contributed by atoms with van der Waals surface area (Å²) in [7, 11) is 0. The molecule has 4 heteroatoms. The van der Waals surface area contributed by atoms with Crippen molar-refractivity contribution in [2.24, 2.45) is 0 Å². The highest BCUT2D eigenvalue weighted by atomic mass is 32.2. The van der Waals surface area contributed by atoms with Crippen LogP contribution in [0.5, 0.6) is 0 Å². The summed E-state index contributed by atoms with van der Waals surface area (Å²) in [5.41, 5.74) is 1.15. The van der Waals surface area contributed by atoms with E-state index in [1.807, 2.05) is 6.07 Å². The lowest BCUT2D eigenvalue weighted by atomic mass is 9.92. The lowest BCUT2D eigenvalue weighted by Gasteiger charge is -2.18. The van der Waals surface area contributed by atoms with E-state index in [1.165, 1.54) is 15.4 Å². The lowest BCUT2D eigenvalue weighted by molar-refractivity contribution is -0.137. The van der Waals surface area contributed by atoms with Crippen molar-refractivity contribution >= 4 is 29.5 Å². The second-order valence-corrected chi connectivity index (χ2v) is 6.06. The van der Waals surface area contributed by atoms with E-state index in [1.54, 1.807) is 23.5 Å². The molecule has 17 heavy (non-hydrogen) atoms. The van der Waals surface area contributed by atoms with Crippen molar-refractivity contribution in [3.05, 3.63) is 23.8 Å². The van der Waals surface area contributed by atoms with Gasteiger partial charge < -0.3 is 5.11 Å². The third-order valence-electron chi connectivity index (χ3n) is 3.32. The number of carboxylic acid groups (broad SMARTS) is 1. The van der Waals surface area contributed by atoms with Gasteiger partial charge in [0, 0.05) is 15.2 Å². The highest BCUT2D eigenvalue weighted by Crippen LogP contribution is 2.54. The zero-order valence-electron chi connectivity index (χ0n) is 10.0. The van der Waals surface area contributed by atoms with Crippen molar-refractivity contribution in [1.82, 2.24) is 0 Å². The Kier molecular flexibility index (Phi) is 3.73. The summed E-state index contributed by atoms with van der Waals surface area (Å²) in [4.78, 5) is 13.5. The Bertz CT molecular complexity index is 439. The quantitative estimate of drug-likeness (QED) is 0.827. The van der Waals surface area contributed by atoms with Crippen LogP contribution in [0.15, 0.2) is 28.0 Å². The SMILES string of the molecule is CSc1cccc(C2(CC(=O)O)CC2)c1SC. The molecule has 2 rings (SSSR count). The summed E-state index contributed by atoms with van der Waals surface area (Å²) in [6, 6.07) is 6.25. The first-order chi connectivity index (χ1) is 8.13. The summed E-state index contributed by atoms with van der Waals surface area (Å²) in [6.45, 7) is 0. The first kappa shape index (κ1) is 12.8. The van der Waals surface area contributed by atoms with Gasteiger partial charge >= 0.3 is 5.97 Å². The average molecular weight is 268 g/mol. The van der Waals surface area contributed by atoms with E-state index in [2.05, 4.69) is 24.6 Å². The average Bonchev–Trinajstić information content (AvgIpc) is 3.07. The summed E-state index contributed by atoms with van der Waals surface area (Å²) in [5, 5.41) is 9.03. The van der Waals surface area contributed by atoms with Crippen LogP contribution in [0.25, 0.3) is 0 Å². The second-order valence-electron chi connectivity index (χ2n) is 4.39. The number of carbonyl (C=O) groups is 1. The number of hydrogen-bond donors (Lipinski definition) is 1. The minimum Gasteiger partial charge on any atom is -0.481 e. The van der Waals surface area contributed by atoms with E-state index < -0.39 is 5.97 Å². The number of carboxylic acids is 1. The molecule has 2 nitrogen and oxygen atoms in total. The zero-order valence-corrected chi connectivity index (χ0v) is 11.7. The van der Waals surface area contributed by atoms with Gasteiger partial charge in [-0.3, -0.25) is 4.79 Å². The van der Waals surface area contributed by atoms with Crippen LogP contribution in [-0.2, 0) is 10.2 Å². The highest BCUT2D eigenvalue weighted by molar-refractivity contribution is 8.01. The predicted octanol–water partition coefficient (Wildman–Crippen LogP) is 3.64. The molecule has 0 aromatic heterocycles. The van der Waals surface area contributed by atoms with E-state index in [0.29, 0.717) is 0 Å². The van der Waals surface area contributed by atoms with Gasteiger partial charge in [0.05, 0.1) is 6.42 Å². The first-order valence-electron chi connectivity index (χ1n) is 5.56. The molecule has 1 aliphatic rings. The van der Waals surface area contributed by atoms with Gasteiger partial charge in [0.1, 0.15) is 0 Å². The minimum absolute atomic E-state index is 0.0874. The molecule has 1 saturated carbocycles. The maximum absolute atomic E-state index is 11.0. The Balaban J connectivity index is 2.41. The number of thioether (sulfide) groups is 2. The molecule has 1 aliphatic carbocycles. The summed E-state index contributed by atoms with van der Waals surface area (Å²) < 4.78 is 0. The van der Waals surface area contributed by atoms with Crippen molar-refractivity contribution in [3.63, 3.8) is 0 Å². The number of benzene rings is 1. The predicted molar refractivity (Wildman–Crippen MR) is 73.2 cm³/mol. The van der Waals surface area contributed by atoms with Gasteiger partial charge in [0.15, 0.2) is 0 Å². The molecule has 0 saturated heterocycles. The van der Waals surface area contributed by atoms with E-state index in [9.17, 15) is 4.79 Å². The third-order valence-corrected chi connectivity index (χ3v) is 5.07. The van der Waals surface area contributed by atoms with Crippen molar-refractivity contribution in [1.29, 1.82) is 0 Å². The van der Waals surface area contributed by atoms with E-state index in [-0.39, 0.29) is 11.8 Å². The molecule has 0 atom stereocenters. The fourth-order valence-electron chi connectivity index (χ4n) is 2.29. The third kappa shape index (κ3) is 2.47. The van der Waals surface area contributed by atoms with Crippen LogP contribution < -0.4 is 0 Å². The molecule has 1 fully saturated rings. The van der Waals surface area contributed by atoms with Crippen molar-refractivity contribution < 1.29 is 9.90 Å². The second kappa shape index (κ2) is 4.94. The van der Waals surface area contributed by atoms with Crippen molar-refractivity contribution in [2.75, 3.05) is 12.5 Å². The van der Waals surface area contributed by atoms with Crippen LogP contribution in [-0.4, -0.2) is 23.6 Å². The van der Waals surface area contributed by atoms with Crippen LogP contribution >= 0.6 is 23.5 Å². The van der Waals surface area contributed by atoms with Gasteiger partial charge in [-0.2, -0.15) is 0 Å². The Labute approximate surface area is 110 Å². The molecule has 0 bridgehead atoms. The standard InChI is InChI=1S/C13H16O2S2/c1-16-10-5-3-4-9(12(10)17-2)13(6-7-13)8-11(14)15/h3-5H,6-8H2,1-2H3,(H,14,15). The van der Waals surface area contributed by atoms with Crippen LogP contribution in [0, 0.1) is 0 Å². The number of aliphatic carboxylic acids is 1. The van der Waals surface area contributed by atoms with Crippen LogP contribution in [0.3, 0.4) is 0 Å². The maximum atomic E-state index is 11.0. The number of hydrogen-bond acceptors (Lipinski definition) is 3. The fourth-order valence-corrected chi connectivity index (χ4v) is 4.07. The van der Waals surface area contributed by atoms with Gasteiger partial charge in [-0.1, -0.05) is 12.1 Å². The summed E-state index contributed by atoms with van der Waals surface area (Å²) in [5.74, 6) is -0.691. The Hall–Kier alpha value is -0.610. The van der Waals surface area contributed by atoms with Gasteiger partial charge in [0.25, 0.3) is 0 Å². The van der Waals surface area contributed by atoms with Gasteiger partial charge in [0.2, 0.25) is 0 Å². The number of rotatable bonds is 5. The monoisotopic (exact) mass is 268 g/mol. The van der Waals surface area contributed by atoms with Crippen molar-refractivity contribution in [3.8, 4) is 0 Å². The van der Waals surface area contributed by atoms with Gasteiger partial charge in [-0.05, 0) is 37.0 Å². The minimum atomic E-state index is -0.691. The Morgan fingerprint density at radius 3 is 2.53 bits per heavy atom. The van der Waals surface area contributed by atoms with E-state index >= 15 is 0 Å². The van der Waals surface area contributed by atoms with Crippen LogP contribution in [0.4, 0.5) is 0 Å². The Morgan fingerprint density at radius 1 is 1.35 bits per heavy atom. The molecule has 0 unspecified atom stereocenters. The molecular formula is C13H16O2S2. The lowest BCUT2D eigenvalue weighted by Crippen LogP contribution is -2.14.